The van der Waals surface area contributed by atoms with Crippen LogP contribution in [0.1, 0.15) is 34.5 Å². The molecule has 2 aromatic heterocycles. The monoisotopic (exact) mass is 455 g/mol. The van der Waals surface area contributed by atoms with Gasteiger partial charge in [-0.1, -0.05) is 18.2 Å². The van der Waals surface area contributed by atoms with E-state index in [-0.39, 0.29) is 42.5 Å². The fourth-order valence-electron chi connectivity index (χ4n) is 4.59. The van der Waals surface area contributed by atoms with Crippen LogP contribution in [-0.2, 0) is 22.7 Å². The van der Waals surface area contributed by atoms with Gasteiger partial charge in [0.2, 0.25) is 11.8 Å². The number of fused-ring (bicyclic) bond motifs is 2. The smallest absolute Gasteiger partial charge is 0.270 e. The van der Waals surface area contributed by atoms with Gasteiger partial charge in [-0.25, -0.2) is 4.39 Å². The molecule has 1 aromatic carbocycles. The molecule has 3 amide bonds. The summed E-state index contributed by atoms with van der Waals surface area (Å²) in [5.41, 5.74) is 7.15. The molecule has 3 N–H and O–H groups in total. The molecule has 3 aromatic rings. The largest absolute Gasteiger partial charge is 0.364 e. The number of piperidine rings is 1. The third kappa shape index (κ3) is 3.44. The van der Waals surface area contributed by atoms with Gasteiger partial charge in [-0.05, 0) is 42.7 Å². The highest BCUT2D eigenvalue weighted by Gasteiger charge is 2.55. The van der Waals surface area contributed by atoms with Gasteiger partial charge in [0.15, 0.2) is 5.69 Å². The first kappa shape index (κ1) is 20.6. The van der Waals surface area contributed by atoms with Gasteiger partial charge in [-0.2, -0.15) is 5.10 Å². The summed E-state index contributed by atoms with van der Waals surface area (Å²) in [6.07, 6.45) is 1.47. The molecule has 1 saturated carbocycles. The first-order valence-corrected chi connectivity index (χ1v) is 11.3. The van der Waals surface area contributed by atoms with Crippen LogP contribution in [-0.4, -0.2) is 44.5 Å². The highest BCUT2D eigenvalue weighted by molar-refractivity contribution is 7.17. The Balaban J connectivity index is 1.31. The van der Waals surface area contributed by atoms with Crippen LogP contribution in [0.5, 0.6) is 0 Å². The summed E-state index contributed by atoms with van der Waals surface area (Å²) in [4.78, 5) is 39.4. The highest BCUT2D eigenvalue weighted by atomic mass is 32.1. The lowest BCUT2D eigenvalue weighted by Crippen LogP contribution is -2.48. The summed E-state index contributed by atoms with van der Waals surface area (Å²) in [6, 6.07) is 6.29. The van der Waals surface area contributed by atoms with Crippen molar-refractivity contribution in [1.82, 2.24) is 20.0 Å². The summed E-state index contributed by atoms with van der Waals surface area (Å²) in [5.74, 6) is -1.19. The van der Waals surface area contributed by atoms with Crippen molar-refractivity contribution in [3.05, 3.63) is 52.3 Å². The second kappa shape index (κ2) is 7.70. The molecule has 3 atom stereocenters. The number of likely N-dealkylation sites (tertiary alicyclic amines) is 1. The van der Waals surface area contributed by atoms with E-state index in [0.29, 0.717) is 33.7 Å². The van der Waals surface area contributed by atoms with Crippen LogP contribution in [0.4, 0.5) is 4.39 Å². The predicted molar refractivity (Wildman–Crippen MR) is 116 cm³/mol. The predicted octanol–water partition coefficient (Wildman–Crippen LogP) is 1.95. The van der Waals surface area contributed by atoms with E-state index >= 15 is 0 Å². The van der Waals surface area contributed by atoms with Gasteiger partial charge in [-0.3, -0.25) is 19.1 Å². The third-order valence-corrected chi connectivity index (χ3v) is 7.21. The van der Waals surface area contributed by atoms with Gasteiger partial charge in [-0.15, -0.1) is 11.3 Å². The van der Waals surface area contributed by atoms with Crippen molar-refractivity contribution in [2.75, 3.05) is 0 Å². The Labute approximate surface area is 187 Å². The van der Waals surface area contributed by atoms with Gasteiger partial charge in [0.1, 0.15) is 18.4 Å². The van der Waals surface area contributed by atoms with Crippen LogP contribution in [0, 0.1) is 18.7 Å². The molecule has 2 fully saturated rings. The molecule has 0 bridgehead atoms. The molecule has 8 nitrogen and oxygen atoms in total. The van der Waals surface area contributed by atoms with Crippen LogP contribution in [0.3, 0.4) is 0 Å². The van der Waals surface area contributed by atoms with Crippen molar-refractivity contribution in [2.45, 2.75) is 44.9 Å². The van der Waals surface area contributed by atoms with Gasteiger partial charge >= 0.3 is 0 Å². The quantitative estimate of drug-likeness (QED) is 0.592. The number of aromatic nitrogens is 2. The van der Waals surface area contributed by atoms with Crippen LogP contribution < -0.4 is 11.1 Å². The minimum Gasteiger partial charge on any atom is -0.364 e. The number of nitrogens with two attached hydrogens (primary N) is 1. The highest BCUT2D eigenvalue weighted by Crippen LogP contribution is 2.48. The maximum atomic E-state index is 14.2. The number of thiophene rings is 1. The second-order valence-electron chi connectivity index (χ2n) is 8.39. The molecule has 1 saturated heterocycles. The Kier molecular flexibility index (Phi) is 4.96. The number of rotatable bonds is 6. The SMILES string of the molecule is Cc1cccc(CNC(=O)[C@@H]2C[C@H]3C[C@H]3N2C(=O)Cn2nc(C(N)=O)c3sccc32)c1F. The molecular formula is C22H22FN5O3S. The average Bonchev–Trinajstić information content (AvgIpc) is 3.10. The molecule has 3 heterocycles. The fourth-order valence-corrected chi connectivity index (χ4v) is 5.47. The van der Waals surface area contributed by atoms with E-state index in [1.165, 1.54) is 16.0 Å². The molecule has 10 heteroatoms. The van der Waals surface area contributed by atoms with E-state index in [0.717, 1.165) is 6.42 Å². The first-order chi connectivity index (χ1) is 15.3. The van der Waals surface area contributed by atoms with E-state index in [9.17, 15) is 18.8 Å². The van der Waals surface area contributed by atoms with E-state index in [1.54, 1.807) is 36.1 Å². The zero-order chi connectivity index (χ0) is 22.6. The van der Waals surface area contributed by atoms with E-state index < -0.39 is 11.9 Å². The topological polar surface area (TPSA) is 110 Å². The number of benzene rings is 1. The van der Waals surface area contributed by atoms with Crippen molar-refractivity contribution < 1.29 is 18.8 Å². The van der Waals surface area contributed by atoms with Gasteiger partial charge in [0.05, 0.1) is 10.2 Å². The van der Waals surface area contributed by atoms with E-state index in [1.807, 2.05) is 5.38 Å². The molecule has 2 aliphatic rings. The maximum Gasteiger partial charge on any atom is 0.270 e. The summed E-state index contributed by atoms with van der Waals surface area (Å²) >= 11 is 1.34. The zero-order valence-corrected chi connectivity index (χ0v) is 18.2. The Morgan fingerprint density at radius 1 is 1.28 bits per heavy atom. The number of halogens is 1. The van der Waals surface area contributed by atoms with Gasteiger partial charge in [0.25, 0.3) is 5.91 Å². The number of carbonyl (C=O) groups is 3. The summed E-state index contributed by atoms with van der Waals surface area (Å²) < 4.78 is 16.4. The number of aryl methyl sites for hydroxylation is 1. The number of hydrogen-bond donors (Lipinski definition) is 2. The molecule has 5 rings (SSSR count). The maximum absolute atomic E-state index is 14.2. The Bertz CT molecular complexity index is 1250. The number of nitrogens with zero attached hydrogens (tertiary/aromatic N) is 3. The van der Waals surface area contributed by atoms with E-state index in [2.05, 4.69) is 10.4 Å². The fraction of sp³-hybridized carbons (Fsp3) is 0.364. The summed E-state index contributed by atoms with van der Waals surface area (Å²) in [5, 5.41) is 8.83. The number of hydrogen-bond acceptors (Lipinski definition) is 5. The van der Waals surface area contributed by atoms with Crippen molar-refractivity contribution in [1.29, 1.82) is 0 Å². The number of primary amides is 1. The summed E-state index contributed by atoms with van der Waals surface area (Å²) in [6.45, 7) is 1.66. The molecule has 166 valence electrons. The minimum atomic E-state index is -0.646. The lowest BCUT2D eigenvalue weighted by molar-refractivity contribution is -0.140. The Hall–Kier alpha value is -3.27. The number of amides is 3. The van der Waals surface area contributed by atoms with Crippen molar-refractivity contribution in [3.63, 3.8) is 0 Å². The van der Waals surface area contributed by atoms with Crippen molar-refractivity contribution >= 4 is 39.3 Å². The number of nitrogens with one attached hydrogen (secondary N) is 1. The lowest BCUT2D eigenvalue weighted by Gasteiger charge is -2.27. The second-order valence-corrected chi connectivity index (χ2v) is 9.30. The average molecular weight is 456 g/mol. The normalized spacial score (nSPS) is 21.6. The zero-order valence-electron chi connectivity index (χ0n) is 17.4. The molecule has 32 heavy (non-hydrogen) atoms. The van der Waals surface area contributed by atoms with Crippen molar-refractivity contribution in [2.24, 2.45) is 11.7 Å². The van der Waals surface area contributed by atoms with Crippen molar-refractivity contribution in [3.8, 4) is 0 Å². The first-order valence-electron chi connectivity index (χ1n) is 10.4. The number of carbonyl (C=O) groups excluding carboxylic acids is 3. The Morgan fingerprint density at radius 2 is 2.09 bits per heavy atom. The molecular weight excluding hydrogens is 433 g/mol. The lowest BCUT2D eigenvalue weighted by atomic mass is 10.1. The van der Waals surface area contributed by atoms with Crippen LogP contribution in [0.25, 0.3) is 10.2 Å². The summed E-state index contributed by atoms with van der Waals surface area (Å²) in [7, 11) is 0. The standard InChI is InChI=1S/C22H22FN5O3S/c1-11-3-2-4-12(18(11)23)9-25-22(31)16-8-13-7-15(13)28(16)17(29)10-27-14-5-6-32-20(14)19(26-27)21(24)30/h2-6,13,15-16H,7-10H2,1H3,(H2,24,30)(H,25,31)/t13-,15-,16+/m1/s1. The van der Waals surface area contributed by atoms with Crippen LogP contribution in [0.15, 0.2) is 29.6 Å². The third-order valence-electron chi connectivity index (χ3n) is 6.30. The van der Waals surface area contributed by atoms with Crippen LogP contribution >= 0.6 is 11.3 Å². The van der Waals surface area contributed by atoms with Gasteiger partial charge < -0.3 is 16.0 Å². The molecule has 0 radical (unpaired) electrons. The molecule has 0 unspecified atom stereocenters. The molecule has 1 aliphatic carbocycles. The minimum absolute atomic E-state index is 0.0399. The molecule has 0 spiro atoms. The van der Waals surface area contributed by atoms with Gasteiger partial charge in [0, 0.05) is 18.2 Å². The van der Waals surface area contributed by atoms with E-state index in [4.69, 9.17) is 5.73 Å². The van der Waals surface area contributed by atoms with Crippen LogP contribution in [0.2, 0.25) is 0 Å². The molecule has 1 aliphatic heterocycles. The Morgan fingerprint density at radius 3 is 2.88 bits per heavy atom.